The monoisotopic (exact) mass is 538 g/mol. The van der Waals surface area contributed by atoms with Crippen molar-refractivity contribution in [3.63, 3.8) is 0 Å². The summed E-state index contributed by atoms with van der Waals surface area (Å²) in [5, 5.41) is 6.84. The number of anilines is 1. The minimum atomic E-state index is -3.34. The number of nitrogens with one attached hydrogen (secondary N) is 1. The van der Waals surface area contributed by atoms with Crippen LogP contribution in [0.1, 0.15) is 24.8 Å². The molecule has 0 unspecified atom stereocenters. The third-order valence-corrected chi connectivity index (χ3v) is 9.73. The first-order valence-electron chi connectivity index (χ1n) is 11.0. The number of amides is 2. The second-order valence-electron chi connectivity index (χ2n) is 8.32. The van der Waals surface area contributed by atoms with E-state index in [4.69, 9.17) is 9.57 Å². The van der Waals surface area contributed by atoms with Gasteiger partial charge in [0.1, 0.15) is 0 Å². The molecule has 0 radical (unpaired) electrons. The second kappa shape index (κ2) is 11.1. The van der Waals surface area contributed by atoms with Crippen LogP contribution >= 0.6 is 23.1 Å². The van der Waals surface area contributed by atoms with Gasteiger partial charge in [-0.2, -0.15) is 0 Å². The molecule has 2 heterocycles. The Kier molecular flexibility index (Phi) is 8.09. The van der Waals surface area contributed by atoms with Crippen molar-refractivity contribution in [1.82, 2.24) is 9.88 Å². The van der Waals surface area contributed by atoms with Crippen LogP contribution in [0.15, 0.2) is 44.7 Å². The molecule has 2 aromatic rings. The van der Waals surface area contributed by atoms with Crippen LogP contribution < -0.4 is 5.32 Å². The molecule has 1 atom stereocenters. The van der Waals surface area contributed by atoms with Gasteiger partial charge in [0.05, 0.1) is 39.5 Å². The van der Waals surface area contributed by atoms with E-state index in [0.29, 0.717) is 43.2 Å². The Morgan fingerprint density at radius 1 is 1.26 bits per heavy atom. The van der Waals surface area contributed by atoms with Crippen LogP contribution in [0.4, 0.5) is 5.13 Å². The Morgan fingerprint density at radius 3 is 2.63 bits per heavy atom. The van der Waals surface area contributed by atoms with Crippen LogP contribution in [0.25, 0.3) is 0 Å². The van der Waals surface area contributed by atoms with Crippen LogP contribution in [0.2, 0.25) is 0 Å². The number of rotatable bonds is 10. The van der Waals surface area contributed by atoms with Gasteiger partial charge in [-0.1, -0.05) is 28.6 Å². The standard InChI is InChI=1S/C22H26N4O6S3/c1-26(2)18(27)13-33-19-11-23-22(34-19)24-21(28)20(25-32-15-9-10-31-12-15)14-3-5-16(6-4-14)35(29,30)17-7-8-17/h3-6,11,15,17H,7-10,12-13H2,1-2H3,(H,23,24,28)/b25-20+/t15-/m1/s1. The van der Waals surface area contributed by atoms with E-state index in [1.165, 1.54) is 40.1 Å². The van der Waals surface area contributed by atoms with Gasteiger partial charge in [0.2, 0.25) is 5.91 Å². The van der Waals surface area contributed by atoms with Crippen LogP contribution in [0, 0.1) is 0 Å². The molecule has 4 rings (SSSR count). The van der Waals surface area contributed by atoms with E-state index in [2.05, 4.69) is 15.5 Å². The van der Waals surface area contributed by atoms with Gasteiger partial charge < -0.3 is 14.5 Å². The minimum absolute atomic E-state index is 0.000501. The Labute approximate surface area is 212 Å². The summed E-state index contributed by atoms with van der Waals surface area (Å²) in [7, 11) is 0.0378. The lowest BCUT2D eigenvalue weighted by molar-refractivity contribution is -0.125. The SMILES string of the molecule is CN(C)C(=O)CSc1cnc(NC(=O)/C(=N/O[C@@H]2CCOC2)c2ccc(S(=O)(=O)C3CC3)cc2)s1. The molecular formula is C22H26N4O6S3. The van der Waals surface area contributed by atoms with Gasteiger partial charge in [-0.25, -0.2) is 13.4 Å². The Hall–Kier alpha value is -2.48. The highest BCUT2D eigenvalue weighted by Crippen LogP contribution is 2.33. The maximum Gasteiger partial charge on any atom is 0.280 e. The summed E-state index contributed by atoms with van der Waals surface area (Å²) in [5.41, 5.74) is 0.415. The van der Waals surface area contributed by atoms with E-state index in [9.17, 15) is 18.0 Å². The summed E-state index contributed by atoms with van der Waals surface area (Å²) in [4.78, 5) is 36.4. The second-order valence-corrected chi connectivity index (χ2v) is 12.8. The number of ether oxygens (including phenoxy) is 1. The van der Waals surface area contributed by atoms with Crippen molar-refractivity contribution >= 4 is 55.6 Å². The van der Waals surface area contributed by atoms with Crippen molar-refractivity contribution in [2.45, 2.75) is 39.7 Å². The number of hydrogen-bond acceptors (Lipinski definition) is 10. The molecule has 2 fully saturated rings. The lowest BCUT2D eigenvalue weighted by Gasteiger charge is -2.10. The average molecular weight is 539 g/mol. The molecule has 2 aliphatic rings. The Morgan fingerprint density at radius 2 is 2.00 bits per heavy atom. The molecule has 1 aliphatic carbocycles. The number of oxime groups is 1. The van der Waals surface area contributed by atoms with Gasteiger partial charge in [-0.15, -0.1) is 11.8 Å². The molecule has 1 aliphatic heterocycles. The van der Waals surface area contributed by atoms with Crippen LogP contribution in [0.5, 0.6) is 0 Å². The van der Waals surface area contributed by atoms with E-state index in [-0.39, 0.29) is 33.6 Å². The van der Waals surface area contributed by atoms with Gasteiger partial charge in [0.25, 0.3) is 5.91 Å². The molecule has 10 nitrogen and oxygen atoms in total. The normalized spacial score (nSPS) is 18.3. The molecule has 1 aromatic heterocycles. The average Bonchev–Trinajstić information content (AvgIpc) is 3.41. The maximum atomic E-state index is 13.1. The zero-order valence-electron chi connectivity index (χ0n) is 19.3. The smallest absolute Gasteiger partial charge is 0.280 e. The van der Waals surface area contributed by atoms with Crippen LogP contribution in [-0.4, -0.2) is 80.2 Å². The van der Waals surface area contributed by atoms with Crippen molar-refractivity contribution in [1.29, 1.82) is 0 Å². The fourth-order valence-corrected chi connectivity index (χ4v) is 6.63. The molecule has 0 spiro atoms. The fraction of sp³-hybridized carbons (Fsp3) is 0.455. The minimum Gasteiger partial charge on any atom is -0.389 e. The summed E-state index contributed by atoms with van der Waals surface area (Å²) >= 11 is 2.58. The first-order chi connectivity index (χ1) is 16.7. The van der Waals surface area contributed by atoms with Gasteiger partial charge in [-0.3, -0.25) is 14.9 Å². The number of thioether (sulfide) groups is 1. The van der Waals surface area contributed by atoms with E-state index in [1.807, 2.05) is 0 Å². The third-order valence-electron chi connectivity index (χ3n) is 5.36. The van der Waals surface area contributed by atoms with Crippen molar-refractivity contribution in [3.8, 4) is 0 Å². The highest BCUT2D eigenvalue weighted by molar-refractivity contribution is 8.01. The quantitative estimate of drug-likeness (QED) is 0.278. The number of sulfone groups is 1. The molecule has 188 valence electrons. The molecule has 0 bridgehead atoms. The Bertz CT molecular complexity index is 1200. The number of nitrogens with zero attached hydrogens (tertiary/aromatic N) is 3. The predicted octanol–water partition coefficient (Wildman–Crippen LogP) is 2.41. The summed E-state index contributed by atoms with van der Waals surface area (Å²) < 4.78 is 31.1. The van der Waals surface area contributed by atoms with E-state index in [1.54, 1.807) is 32.4 Å². The molecule has 1 aromatic carbocycles. The molecule has 13 heteroatoms. The first kappa shape index (κ1) is 25.6. The number of hydrogen-bond donors (Lipinski definition) is 1. The van der Waals surface area contributed by atoms with Crippen molar-refractivity contribution < 1.29 is 27.6 Å². The van der Waals surface area contributed by atoms with Gasteiger partial charge in [0.15, 0.2) is 26.8 Å². The molecule has 1 N–H and O–H groups in total. The van der Waals surface area contributed by atoms with Crippen molar-refractivity contribution in [2.75, 3.05) is 38.4 Å². The summed E-state index contributed by atoms with van der Waals surface area (Å²) in [6, 6.07) is 6.09. The van der Waals surface area contributed by atoms with E-state index < -0.39 is 15.7 Å². The summed E-state index contributed by atoms with van der Waals surface area (Å²) in [6.07, 6.45) is 3.34. The third kappa shape index (κ3) is 6.60. The maximum absolute atomic E-state index is 13.1. The van der Waals surface area contributed by atoms with E-state index >= 15 is 0 Å². The first-order valence-corrected chi connectivity index (χ1v) is 14.3. The predicted molar refractivity (Wildman–Crippen MR) is 134 cm³/mol. The van der Waals surface area contributed by atoms with Crippen LogP contribution in [-0.2, 0) is 29.0 Å². The molecule has 35 heavy (non-hydrogen) atoms. The van der Waals surface area contributed by atoms with Gasteiger partial charge >= 0.3 is 0 Å². The lowest BCUT2D eigenvalue weighted by Crippen LogP contribution is -2.25. The zero-order chi connectivity index (χ0) is 25.0. The van der Waals surface area contributed by atoms with Gasteiger partial charge in [-0.05, 0) is 25.0 Å². The number of thiazole rings is 1. The lowest BCUT2D eigenvalue weighted by atomic mass is 10.1. The number of carbonyl (C=O) groups excluding carboxylic acids is 2. The van der Waals surface area contributed by atoms with E-state index in [0.717, 1.165) is 4.21 Å². The molecule has 1 saturated carbocycles. The molecule has 1 saturated heterocycles. The number of benzene rings is 1. The fourth-order valence-electron chi connectivity index (χ4n) is 3.12. The summed E-state index contributed by atoms with van der Waals surface area (Å²) in [6.45, 7) is 0.945. The zero-order valence-corrected chi connectivity index (χ0v) is 21.7. The topological polar surface area (TPSA) is 127 Å². The van der Waals surface area contributed by atoms with Gasteiger partial charge in [0, 0.05) is 26.1 Å². The molecule has 2 amide bonds. The summed E-state index contributed by atoms with van der Waals surface area (Å²) in [5.74, 6) is -0.302. The van der Waals surface area contributed by atoms with Crippen LogP contribution in [0.3, 0.4) is 0 Å². The van der Waals surface area contributed by atoms with Crippen molar-refractivity contribution in [2.24, 2.45) is 5.16 Å². The highest BCUT2D eigenvalue weighted by atomic mass is 32.2. The number of aromatic nitrogens is 1. The largest absolute Gasteiger partial charge is 0.389 e. The highest BCUT2D eigenvalue weighted by Gasteiger charge is 2.36. The van der Waals surface area contributed by atoms with Crippen molar-refractivity contribution in [3.05, 3.63) is 36.0 Å². The number of carbonyl (C=O) groups is 2. The molecular weight excluding hydrogens is 512 g/mol. The Balaban J connectivity index is 1.49.